The van der Waals surface area contributed by atoms with E-state index >= 15 is 0 Å². The highest BCUT2D eigenvalue weighted by Gasteiger charge is 2.37. The molecule has 1 aromatic heterocycles. The maximum Gasteiger partial charge on any atom is 0.248 e. The lowest BCUT2D eigenvalue weighted by molar-refractivity contribution is -0.138. The van der Waals surface area contributed by atoms with Crippen molar-refractivity contribution in [2.24, 2.45) is 5.92 Å². The van der Waals surface area contributed by atoms with Crippen LogP contribution < -0.4 is 0 Å². The van der Waals surface area contributed by atoms with E-state index in [1.165, 1.54) is 4.31 Å². The van der Waals surface area contributed by atoms with Crippen LogP contribution in [-0.2, 0) is 14.8 Å². The van der Waals surface area contributed by atoms with Gasteiger partial charge in [0, 0.05) is 45.2 Å². The normalized spacial score (nSPS) is 19.0. The Labute approximate surface area is 208 Å². The molecule has 0 atom stereocenters. The van der Waals surface area contributed by atoms with Gasteiger partial charge in [0.1, 0.15) is 5.69 Å². The summed E-state index contributed by atoms with van der Waals surface area (Å²) in [6.45, 7) is 10.9. The van der Waals surface area contributed by atoms with Crippen molar-refractivity contribution in [1.29, 1.82) is 0 Å². The second-order valence-electron chi connectivity index (χ2n) is 9.55. The van der Waals surface area contributed by atoms with Crippen molar-refractivity contribution in [3.05, 3.63) is 46.8 Å². The fourth-order valence-electron chi connectivity index (χ4n) is 4.89. The summed E-state index contributed by atoms with van der Waals surface area (Å²) in [5.74, 6) is 0.274. The van der Waals surface area contributed by atoms with E-state index in [0.717, 1.165) is 50.3 Å². The van der Waals surface area contributed by atoms with Crippen molar-refractivity contribution in [2.75, 3.05) is 45.8 Å². The van der Waals surface area contributed by atoms with E-state index in [1.54, 1.807) is 13.0 Å². The number of aryl methyl sites for hydroxylation is 2. The molecule has 8 nitrogen and oxygen atoms in total. The number of carbonyl (C=O) groups is 1. The third-order valence-corrected chi connectivity index (χ3v) is 9.02. The minimum absolute atomic E-state index is 0.109. The fraction of sp³-hybridized carbons (Fsp3) is 0.538. The summed E-state index contributed by atoms with van der Waals surface area (Å²) in [6.07, 6.45) is 5.67. The Balaban J connectivity index is 1.40. The molecular formula is C26H36N4O4S. The van der Waals surface area contributed by atoms with Gasteiger partial charge in [0.05, 0.1) is 0 Å². The van der Waals surface area contributed by atoms with E-state index in [0.29, 0.717) is 31.6 Å². The van der Waals surface area contributed by atoms with Crippen molar-refractivity contribution in [3.63, 3.8) is 0 Å². The molecule has 1 amide bonds. The number of rotatable bonds is 7. The van der Waals surface area contributed by atoms with Crippen molar-refractivity contribution < 1.29 is 17.7 Å². The minimum Gasteiger partial charge on any atom is -0.355 e. The van der Waals surface area contributed by atoms with Gasteiger partial charge in [0.15, 0.2) is 10.7 Å². The van der Waals surface area contributed by atoms with E-state index in [1.807, 2.05) is 42.2 Å². The highest BCUT2D eigenvalue weighted by Crippen LogP contribution is 2.30. The van der Waals surface area contributed by atoms with Gasteiger partial charge in [0.25, 0.3) is 0 Å². The number of piperidine rings is 1. The van der Waals surface area contributed by atoms with E-state index in [9.17, 15) is 13.2 Å². The Hall–Kier alpha value is -2.49. The molecule has 3 heterocycles. The first-order chi connectivity index (χ1) is 16.8. The molecule has 1 aromatic carbocycles. The summed E-state index contributed by atoms with van der Waals surface area (Å²) in [5.41, 5.74) is 2.45. The average Bonchev–Trinajstić information content (AvgIpc) is 3.25. The largest absolute Gasteiger partial charge is 0.355 e. The van der Waals surface area contributed by atoms with Crippen molar-refractivity contribution in [2.45, 2.75) is 44.9 Å². The number of nitrogens with zero attached hydrogens (tertiary/aromatic N) is 4. The average molecular weight is 501 g/mol. The molecule has 2 aromatic rings. The molecule has 2 saturated heterocycles. The lowest BCUT2D eigenvalue weighted by Gasteiger charge is -2.38. The second-order valence-corrected chi connectivity index (χ2v) is 11.4. The first-order valence-electron chi connectivity index (χ1n) is 12.5. The van der Waals surface area contributed by atoms with Crippen LogP contribution in [0.25, 0.3) is 12.2 Å². The molecule has 190 valence electrons. The van der Waals surface area contributed by atoms with Crippen LogP contribution in [0.2, 0.25) is 0 Å². The van der Waals surface area contributed by atoms with Gasteiger partial charge < -0.3 is 9.42 Å². The predicted molar refractivity (Wildman–Crippen MR) is 136 cm³/mol. The van der Waals surface area contributed by atoms with Crippen molar-refractivity contribution >= 4 is 28.1 Å². The zero-order valence-electron chi connectivity index (χ0n) is 20.9. The number of hydrogen-bond donors (Lipinski definition) is 0. The Morgan fingerprint density at radius 3 is 2.31 bits per heavy atom. The van der Waals surface area contributed by atoms with E-state index in [-0.39, 0.29) is 22.5 Å². The molecule has 0 radical (unpaired) electrons. The van der Waals surface area contributed by atoms with Crippen molar-refractivity contribution in [1.82, 2.24) is 19.3 Å². The predicted octanol–water partition coefficient (Wildman–Crippen LogP) is 3.42. The van der Waals surface area contributed by atoms with Crippen LogP contribution in [-0.4, -0.2) is 79.4 Å². The standard InChI is InChI=1S/C26H36N4O4S/c1-4-13-28-16-18-29(19-17-28)26(31)23-11-14-30(15-12-23)35(32,33)25-21(3)27-34-24(25)10-9-22-7-5-20(2)6-8-22/h5-10,23H,4,11-19H2,1-3H3. The molecule has 4 rings (SSSR count). The Kier molecular flexibility index (Phi) is 8.09. The smallest absolute Gasteiger partial charge is 0.248 e. The van der Waals surface area contributed by atoms with E-state index < -0.39 is 10.0 Å². The highest BCUT2D eigenvalue weighted by atomic mass is 32.2. The van der Waals surface area contributed by atoms with Gasteiger partial charge >= 0.3 is 0 Å². The van der Waals surface area contributed by atoms with Gasteiger partial charge in [-0.25, -0.2) is 8.42 Å². The Morgan fingerprint density at radius 2 is 1.69 bits per heavy atom. The van der Waals surface area contributed by atoms with Crippen LogP contribution in [0.4, 0.5) is 0 Å². The van der Waals surface area contributed by atoms with Crippen molar-refractivity contribution in [3.8, 4) is 0 Å². The molecule has 0 N–H and O–H groups in total. The quantitative estimate of drug-likeness (QED) is 0.579. The van der Waals surface area contributed by atoms with Crippen LogP contribution in [0.1, 0.15) is 48.8 Å². The topological polar surface area (TPSA) is 87.0 Å². The lowest BCUT2D eigenvalue weighted by Crippen LogP contribution is -2.52. The molecule has 0 spiro atoms. The second kappa shape index (κ2) is 11.1. The third kappa shape index (κ3) is 5.85. The fourth-order valence-corrected chi connectivity index (χ4v) is 6.61. The van der Waals surface area contributed by atoms with Gasteiger partial charge in [-0.15, -0.1) is 0 Å². The van der Waals surface area contributed by atoms with Crippen LogP contribution >= 0.6 is 0 Å². The monoisotopic (exact) mass is 500 g/mol. The maximum atomic E-state index is 13.5. The van der Waals surface area contributed by atoms with E-state index in [4.69, 9.17) is 4.52 Å². The summed E-state index contributed by atoms with van der Waals surface area (Å²) in [7, 11) is -3.78. The lowest BCUT2D eigenvalue weighted by atomic mass is 9.96. The highest BCUT2D eigenvalue weighted by molar-refractivity contribution is 7.89. The number of amides is 1. The first-order valence-corrected chi connectivity index (χ1v) is 14.0. The molecule has 0 unspecified atom stereocenters. The van der Waals surface area contributed by atoms with Gasteiger partial charge in [0.2, 0.25) is 15.9 Å². The van der Waals surface area contributed by atoms with Gasteiger partial charge in [-0.1, -0.05) is 48.0 Å². The molecule has 2 aliphatic rings. The van der Waals surface area contributed by atoms with Gasteiger partial charge in [-0.2, -0.15) is 4.31 Å². The number of piperazine rings is 1. The summed E-state index contributed by atoms with van der Waals surface area (Å²) in [4.78, 5) is 17.5. The first kappa shape index (κ1) is 25.6. The zero-order valence-corrected chi connectivity index (χ0v) is 21.8. The maximum absolute atomic E-state index is 13.5. The molecule has 0 aliphatic carbocycles. The molecular weight excluding hydrogens is 464 g/mol. The van der Waals surface area contributed by atoms with Crippen LogP contribution in [0.3, 0.4) is 0 Å². The van der Waals surface area contributed by atoms with E-state index in [2.05, 4.69) is 17.0 Å². The number of carbonyl (C=O) groups excluding carboxylic acids is 1. The Morgan fingerprint density at radius 1 is 1.03 bits per heavy atom. The van der Waals surface area contributed by atoms with Crippen LogP contribution in [0, 0.1) is 19.8 Å². The van der Waals surface area contributed by atoms with Crippen LogP contribution in [0.15, 0.2) is 33.7 Å². The van der Waals surface area contributed by atoms with Gasteiger partial charge in [-0.3, -0.25) is 9.69 Å². The summed E-state index contributed by atoms with van der Waals surface area (Å²) in [6, 6.07) is 7.93. The number of sulfonamides is 1. The van der Waals surface area contributed by atoms with Crippen LogP contribution in [0.5, 0.6) is 0 Å². The molecule has 9 heteroatoms. The summed E-state index contributed by atoms with van der Waals surface area (Å²) < 4.78 is 33.9. The third-order valence-electron chi connectivity index (χ3n) is 6.96. The number of hydrogen-bond acceptors (Lipinski definition) is 6. The SMILES string of the molecule is CCCN1CCN(C(=O)C2CCN(S(=O)(=O)c3c(C)noc3C=Cc3ccc(C)cc3)CC2)CC1. The molecule has 2 fully saturated rings. The number of aromatic nitrogens is 1. The summed E-state index contributed by atoms with van der Waals surface area (Å²) >= 11 is 0. The minimum atomic E-state index is -3.78. The van der Waals surface area contributed by atoms with Gasteiger partial charge in [-0.05, 0) is 51.3 Å². The Bertz CT molecular complexity index is 1140. The summed E-state index contributed by atoms with van der Waals surface area (Å²) in [5, 5.41) is 3.93. The molecule has 0 saturated carbocycles. The molecule has 35 heavy (non-hydrogen) atoms. The molecule has 0 bridgehead atoms. The number of benzene rings is 1. The zero-order chi connectivity index (χ0) is 25.0. The molecule has 2 aliphatic heterocycles.